The first-order chi connectivity index (χ1) is 16.1. The van der Waals surface area contributed by atoms with E-state index in [-0.39, 0.29) is 32.7 Å². The third-order valence-electron chi connectivity index (χ3n) is 4.62. The fraction of sp³-hybridized carbons (Fsp3) is 0.111. The van der Waals surface area contributed by atoms with Crippen molar-refractivity contribution in [3.05, 3.63) is 42.5 Å². The summed E-state index contributed by atoms with van der Waals surface area (Å²) in [6.45, 7) is -0.810. The number of hydrogen-bond donors (Lipinski definition) is 5. The van der Waals surface area contributed by atoms with Gasteiger partial charge < -0.3 is 16.6 Å². The van der Waals surface area contributed by atoms with Crippen LogP contribution in [0.1, 0.15) is 0 Å². The molecule has 3 rings (SSSR count). The van der Waals surface area contributed by atoms with Crippen LogP contribution in [0.4, 0.5) is 22.7 Å². The van der Waals surface area contributed by atoms with Crippen molar-refractivity contribution in [2.24, 2.45) is 10.2 Å². The minimum Gasteiger partial charge on any atom is -0.505 e. The lowest BCUT2D eigenvalue weighted by atomic mass is 10.1. The van der Waals surface area contributed by atoms with E-state index in [9.17, 15) is 34.9 Å². The van der Waals surface area contributed by atoms with Crippen LogP contribution in [0.25, 0.3) is 10.8 Å². The maximum Gasteiger partial charge on any atom is 0.397 e. The summed E-state index contributed by atoms with van der Waals surface area (Å²) in [4.78, 5) is -0.987. The maximum absolute atomic E-state index is 12.2. The molecule has 7 N–H and O–H groups in total. The third-order valence-corrected chi connectivity index (χ3v) is 7.64. The lowest BCUT2D eigenvalue weighted by Crippen LogP contribution is -2.15. The van der Waals surface area contributed by atoms with Gasteiger partial charge in [-0.15, -0.1) is 5.11 Å². The van der Waals surface area contributed by atoms with Gasteiger partial charge in [0.05, 0.1) is 39.7 Å². The number of aromatic hydroxyl groups is 1. The monoisotopic (exact) mass is 546 g/mol. The summed E-state index contributed by atoms with van der Waals surface area (Å²) in [6.07, 6.45) is 0. The molecule has 188 valence electrons. The number of nitrogens with two attached hydrogens (primary N) is 2. The molecule has 0 radical (unpaired) electrons. The SMILES string of the molecule is Nc1ccc2cc(S(=O)(=O)O)c(N=Nc3ccc(S(=O)(=O)CCOS(=O)(=O)O)cc3)c(O)c2c1N. The number of hydrogen-bond acceptors (Lipinski definition) is 12. The highest BCUT2D eigenvalue weighted by Gasteiger charge is 2.23. The van der Waals surface area contributed by atoms with Crippen LogP contribution >= 0.6 is 0 Å². The average molecular weight is 547 g/mol. The number of phenols is 1. The number of fused-ring (bicyclic) bond motifs is 1. The van der Waals surface area contributed by atoms with Crippen molar-refractivity contribution in [2.75, 3.05) is 23.8 Å². The molecular formula is C18H18N4O10S3. The van der Waals surface area contributed by atoms with Gasteiger partial charge in [0.1, 0.15) is 10.6 Å². The molecule has 3 aromatic rings. The lowest BCUT2D eigenvalue weighted by Gasteiger charge is -2.11. The van der Waals surface area contributed by atoms with E-state index in [1.807, 2.05) is 0 Å². The summed E-state index contributed by atoms with van der Waals surface area (Å²) in [5.74, 6) is -1.46. The molecule has 17 heteroatoms. The number of nitrogens with zero attached hydrogens (tertiary/aromatic N) is 2. The van der Waals surface area contributed by atoms with E-state index >= 15 is 0 Å². The Hall–Kier alpha value is -3.35. The molecule has 0 aromatic heterocycles. The lowest BCUT2D eigenvalue weighted by molar-refractivity contribution is 0.284. The van der Waals surface area contributed by atoms with Crippen molar-refractivity contribution in [3.63, 3.8) is 0 Å². The number of rotatable bonds is 8. The number of azo groups is 1. The van der Waals surface area contributed by atoms with Crippen LogP contribution in [-0.4, -0.2) is 51.8 Å². The summed E-state index contributed by atoms with van der Waals surface area (Å²) >= 11 is 0. The Morgan fingerprint density at radius 2 is 1.51 bits per heavy atom. The Balaban J connectivity index is 1.98. The highest BCUT2D eigenvalue weighted by molar-refractivity contribution is 7.91. The maximum atomic E-state index is 12.2. The average Bonchev–Trinajstić information content (AvgIpc) is 2.74. The smallest absolute Gasteiger partial charge is 0.397 e. The zero-order valence-corrected chi connectivity index (χ0v) is 19.9. The van der Waals surface area contributed by atoms with E-state index in [1.54, 1.807) is 0 Å². The number of benzene rings is 3. The molecule has 0 bridgehead atoms. The van der Waals surface area contributed by atoms with Gasteiger partial charge in [-0.1, -0.05) is 6.07 Å². The normalized spacial score (nSPS) is 13.0. The first-order valence-corrected chi connectivity index (χ1v) is 13.7. The van der Waals surface area contributed by atoms with Crippen LogP contribution in [-0.2, 0) is 34.5 Å². The highest BCUT2D eigenvalue weighted by Crippen LogP contribution is 2.44. The van der Waals surface area contributed by atoms with Crippen LogP contribution in [0, 0.1) is 0 Å². The first-order valence-electron chi connectivity index (χ1n) is 9.27. The van der Waals surface area contributed by atoms with E-state index in [0.717, 1.165) is 18.2 Å². The molecule has 0 saturated carbocycles. The standard InChI is InChI=1S/C18H18N4O10S3/c19-13-6-1-10-9-14(34(26,27)28)17(18(23)15(10)16(13)20)22-21-11-2-4-12(5-3-11)33(24,25)8-7-32-35(29,30)31/h1-6,9,23H,7-8,19-20H2,(H,26,27,28)(H,29,30,31). The van der Waals surface area contributed by atoms with Gasteiger partial charge in [0.15, 0.2) is 15.6 Å². The highest BCUT2D eigenvalue weighted by atomic mass is 32.3. The second-order valence-electron chi connectivity index (χ2n) is 6.98. The van der Waals surface area contributed by atoms with Crippen LogP contribution in [0.15, 0.2) is 62.5 Å². The summed E-state index contributed by atoms with van der Waals surface area (Å²) in [5, 5.41) is 18.3. The molecule has 35 heavy (non-hydrogen) atoms. The first kappa shape index (κ1) is 26.3. The molecule has 0 unspecified atom stereocenters. The molecule has 0 aliphatic carbocycles. The van der Waals surface area contributed by atoms with E-state index in [0.29, 0.717) is 0 Å². The predicted molar refractivity (Wildman–Crippen MR) is 124 cm³/mol. The van der Waals surface area contributed by atoms with Crippen LogP contribution in [0.3, 0.4) is 0 Å². The van der Waals surface area contributed by atoms with E-state index in [1.165, 1.54) is 24.3 Å². The Morgan fingerprint density at radius 1 is 0.886 bits per heavy atom. The van der Waals surface area contributed by atoms with Gasteiger partial charge >= 0.3 is 10.4 Å². The predicted octanol–water partition coefficient (Wildman–Crippen LogP) is 1.97. The van der Waals surface area contributed by atoms with Crippen molar-refractivity contribution in [3.8, 4) is 5.75 Å². The number of sulfone groups is 1. The Bertz CT molecular complexity index is 1650. The molecule has 0 heterocycles. The molecule has 0 aliphatic heterocycles. The summed E-state index contributed by atoms with van der Waals surface area (Å²) in [6, 6.07) is 8.40. The van der Waals surface area contributed by atoms with Crippen molar-refractivity contribution in [1.82, 2.24) is 0 Å². The molecule has 0 spiro atoms. The molecule has 0 saturated heterocycles. The summed E-state index contributed by atoms with van der Waals surface area (Å²) in [5.41, 5.74) is 11.1. The van der Waals surface area contributed by atoms with Gasteiger partial charge in [-0.2, -0.15) is 21.9 Å². The van der Waals surface area contributed by atoms with Gasteiger partial charge in [0, 0.05) is 0 Å². The molecule has 3 aromatic carbocycles. The van der Waals surface area contributed by atoms with Crippen LogP contribution in [0.2, 0.25) is 0 Å². The third kappa shape index (κ3) is 6.02. The summed E-state index contributed by atoms with van der Waals surface area (Å²) in [7, 11) is -13.6. The molecular weight excluding hydrogens is 528 g/mol. The van der Waals surface area contributed by atoms with Crippen molar-refractivity contribution in [1.29, 1.82) is 0 Å². The topological polar surface area (TPSA) is 249 Å². The zero-order valence-electron chi connectivity index (χ0n) is 17.4. The van der Waals surface area contributed by atoms with Gasteiger partial charge in [-0.05, 0) is 41.8 Å². The van der Waals surface area contributed by atoms with Crippen molar-refractivity contribution in [2.45, 2.75) is 9.79 Å². The zero-order chi connectivity index (χ0) is 26.2. The van der Waals surface area contributed by atoms with Gasteiger partial charge in [-0.25, -0.2) is 12.6 Å². The minimum atomic E-state index is -4.86. The Kier molecular flexibility index (Phi) is 7.02. The number of phenolic OH excluding ortho intramolecular Hbond substituents is 1. The van der Waals surface area contributed by atoms with E-state index < -0.39 is 59.0 Å². The molecule has 0 aliphatic rings. The number of nitrogen functional groups attached to an aromatic ring is 2. The van der Waals surface area contributed by atoms with Gasteiger partial charge in [-0.3, -0.25) is 9.11 Å². The van der Waals surface area contributed by atoms with Crippen LogP contribution < -0.4 is 11.5 Å². The van der Waals surface area contributed by atoms with E-state index in [4.69, 9.17) is 16.0 Å². The molecule has 0 atom stereocenters. The van der Waals surface area contributed by atoms with Crippen molar-refractivity contribution >= 4 is 63.9 Å². The second kappa shape index (κ2) is 9.36. The Morgan fingerprint density at radius 3 is 2.09 bits per heavy atom. The largest absolute Gasteiger partial charge is 0.505 e. The molecule has 14 nitrogen and oxygen atoms in total. The van der Waals surface area contributed by atoms with Crippen molar-refractivity contribution < 1.29 is 43.6 Å². The van der Waals surface area contributed by atoms with Crippen LogP contribution in [0.5, 0.6) is 5.75 Å². The second-order valence-corrected chi connectivity index (χ2v) is 11.6. The molecule has 0 amide bonds. The molecule has 0 fully saturated rings. The number of anilines is 2. The fourth-order valence-electron chi connectivity index (χ4n) is 2.97. The summed E-state index contributed by atoms with van der Waals surface area (Å²) < 4.78 is 91.4. The minimum absolute atomic E-state index is 0.0140. The quantitative estimate of drug-likeness (QED) is 0.154. The van der Waals surface area contributed by atoms with Gasteiger partial charge in [0.2, 0.25) is 0 Å². The Labute approximate surface area is 199 Å². The van der Waals surface area contributed by atoms with Gasteiger partial charge in [0.25, 0.3) is 10.1 Å². The fourth-order valence-corrected chi connectivity index (χ4v) is 5.12. The van der Waals surface area contributed by atoms with E-state index in [2.05, 4.69) is 14.4 Å².